The largest absolute Gasteiger partial charge is 0.393 e. The summed E-state index contributed by atoms with van der Waals surface area (Å²) in [4.78, 5) is 0. The van der Waals surface area contributed by atoms with Crippen LogP contribution < -0.4 is 5.32 Å². The molecule has 0 saturated heterocycles. The van der Waals surface area contributed by atoms with Crippen LogP contribution >= 0.6 is 0 Å². The van der Waals surface area contributed by atoms with Crippen LogP contribution in [0.2, 0.25) is 0 Å². The van der Waals surface area contributed by atoms with Gasteiger partial charge in [0.05, 0.1) is 12.2 Å². The molecule has 7 atom stereocenters. The molecule has 3 nitrogen and oxygen atoms in total. The summed E-state index contributed by atoms with van der Waals surface area (Å²) < 4.78 is 0. The highest BCUT2D eigenvalue weighted by Crippen LogP contribution is 2.62. The van der Waals surface area contributed by atoms with Crippen LogP contribution in [0.4, 0.5) is 0 Å². The highest BCUT2D eigenvalue weighted by Gasteiger charge is 2.56. The van der Waals surface area contributed by atoms with E-state index < -0.39 is 0 Å². The Bertz CT molecular complexity index is 518. The predicted octanol–water partition coefficient (Wildman–Crippen LogP) is 4.14. The molecular formula is C23H41NO2. The minimum Gasteiger partial charge on any atom is -0.393 e. The fourth-order valence-corrected chi connectivity index (χ4v) is 6.56. The lowest BCUT2D eigenvalue weighted by Gasteiger charge is -2.55. The summed E-state index contributed by atoms with van der Waals surface area (Å²) in [6.07, 6.45) is 6.47. The molecule has 3 N–H and O–H groups in total. The lowest BCUT2D eigenvalue weighted by molar-refractivity contribution is -0.118. The minimum atomic E-state index is -0.377. The van der Waals surface area contributed by atoms with E-state index in [1.54, 1.807) is 0 Å². The summed E-state index contributed by atoms with van der Waals surface area (Å²) in [6, 6.07) is 0. The zero-order chi connectivity index (χ0) is 19.1. The lowest BCUT2D eigenvalue weighted by atomic mass is 9.51. The van der Waals surface area contributed by atoms with Gasteiger partial charge in [0.1, 0.15) is 0 Å². The maximum atomic E-state index is 10.9. The topological polar surface area (TPSA) is 52.5 Å². The Morgan fingerprint density at radius 2 is 1.85 bits per heavy atom. The highest BCUT2D eigenvalue weighted by atomic mass is 16.3. The zero-order valence-corrected chi connectivity index (χ0v) is 17.4. The number of aliphatic hydroxyl groups is 2. The van der Waals surface area contributed by atoms with Crippen LogP contribution in [0.3, 0.4) is 0 Å². The normalized spacial score (nSPS) is 46.6. The van der Waals surface area contributed by atoms with Gasteiger partial charge >= 0.3 is 0 Å². The Morgan fingerprint density at radius 3 is 2.50 bits per heavy atom. The van der Waals surface area contributed by atoms with E-state index >= 15 is 0 Å². The van der Waals surface area contributed by atoms with Gasteiger partial charge < -0.3 is 15.5 Å². The van der Waals surface area contributed by atoms with Crippen molar-refractivity contribution in [2.45, 2.75) is 84.8 Å². The number of rotatable bonds is 5. The first kappa shape index (κ1) is 20.4. The second kappa shape index (κ2) is 7.56. The van der Waals surface area contributed by atoms with Gasteiger partial charge in [0.25, 0.3) is 0 Å². The third-order valence-electron chi connectivity index (χ3n) is 8.44. The van der Waals surface area contributed by atoms with Crippen LogP contribution in [-0.4, -0.2) is 35.5 Å². The second-order valence-corrected chi connectivity index (χ2v) is 10.5. The van der Waals surface area contributed by atoms with Gasteiger partial charge in [-0.05, 0) is 92.5 Å². The number of hydrogen-bond donors (Lipinski definition) is 3. The Labute approximate surface area is 160 Å². The van der Waals surface area contributed by atoms with Crippen molar-refractivity contribution in [2.75, 3.05) is 13.1 Å². The quantitative estimate of drug-likeness (QED) is 0.643. The van der Waals surface area contributed by atoms with Crippen molar-refractivity contribution in [3.8, 4) is 0 Å². The van der Waals surface area contributed by atoms with E-state index in [4.69, 9.17) is 0 Å². The van der Waals surface area contributed by atoms with Crippen molar-refractivity contribution in [3.05, 3.63) is 12.2 Å². The molecule has 0 aromatic carbocycles. The second-order valence-electron chi connectivity index (χ2n) is 10.5. The molecule has 3 aliphatic rings. The monoisotopic (exact) mass is 363 g/mol. The van der Waals surface area contributed by atoms with Crippen molar-refractivity contribution < 1.29 is 10.2 Å². The molecule has 150 valence electrons. The van der Waals surface area contributed by atoms with Gasteiger partial charge in [-0.25, -0.2) is 0 Å². The number of aliphatic hydroxyl groups excluding tert-OH is 2. The molecular weight excluding hydrogens is 322 g/mol. The molecule has 0 amide bonds. The summed E-state index contributed by atoms with van der Waals surface area (Å²) in [6.45, 7) is 15.8. The molecule has 0 bridgehead atoms. The minimum absolute atomic E-state index is 0.0609. The maximum absolute atomic E-state index is 10.9. The van der Waals surface area contributed by atoms with E-state index in [2.05, 4.69) is 39.6 Å². The van der Waals surface area contributed by atoms with E-state index in [0.717, 1.165) is 25.9 Å². The first-order valence-electron chi connectivity index (χ1n) is 10.9. The van der Waals surface area contributed by atoms with Gasteiger partial charge in [-0.1, -0.05) is 39.8 Å². The molecule has 0 aromatic heterocycles. The number of fused-ring (bicyclic) bond motifs is 1. The van der Waals surface area contributed by atoms with E-state index in [1.165, 1.54) is 31.3 Å². The standard InChI is InChI=1S/C23H41NO2/c1-15(2)13-24-14-18-19-7-6-16(3)22(19,4)11-9-20(18)23(5)10-8-17(25)12-21(23)26/h15,17-21,24-26H,3,6-14H2,1-2,4-5H3. The molecule has 0 aromatic rings. The number of hydrogen-bond acceptors (Lipinski definition) is 3. The third kappa shape index (κ3) is 3.52. The van der Waals surface area contributed by atoms with Crippen molar-refractivity contribution in [3.63, 3.8) is 0 Å². The Morgan fingerprint density at radius 1 is 1.12 bits per heavy atom. The lowest BCUT2D eigenvalue weighted by Crippen LogP contribution is -2.54. The average Bonchev–Trinajstić information content (AvgIpc) is 2.87. The SMILES string of the molecule is C=C1CCC2C(CNCC(C)C)C(C3(C)CCC(O)CC3O)CCC12C. The van der Waals surface area contributed by atoms with Gasteiger partial charge in [-0.15, -0.1) is 0 Å². The van der Waals surface area contributed by atoms with Crippen LogP contribution in [0.1, 0.15) is 72.6 Å². The molecule has 3 heteroatoms. The van der Waals surface area contributed by atoms with Crippen LogP contribution in [-0.2, 0) is 0 Å². The summed E-state index contributed by atoms with van der Waals surface area (Å²) in [5, 5.41) is 24.7. The fraction of sp³-hybridized carbons (Fsp3) is 0.913. The van der Waals surface area contributed by atoms with Crippen molar-refractivity contribution in [2.24, 2.45) is 34.5 Å². The molecule has 0 aliphatic heterocycles. The van der Waals surface area contributed by atoms with Crippen molar-refractivity contribution >= 4 is 0 Å². The Balaban J connectivity index is 1.84. The molecule has 7 unspecified atom stereocenters. The molecule has 3 rings (SSSR count). The van der Waals surface area contributed by atoms with E-state index in [0.29, 0.717) is 30.1 Å². The molecule has 0 spiro atoms. The number of allylic oxidation sites excluding steroid dienone is 1. The number of nitrogens with one attached hydrogen (secondary N) is 1. The first-order valence-corrected chi connectivity index (χ1v) is 10.9. The van der Waals surface area contributed by atoms with Crippen LogP contribution in [0.25, 0.3) is 0 Å². The van der Waals surface area contributed by atoms with Crippen LogP contribution in [0.5, 0.6) is 0 Å². The fourth-order valence-electron chi connectivity index (χ4n) is 6.56. The zero-order valence-electron chi connectivity index (χ0n) is 17.4. The van der Waals surface area contributed by atoms with Gasteiger partial charge in [0.15, 0.2) is 0 Å². The van der Waals surface area contributed by atoms with Crippen molar-refractivity contribution in [1.82, 2.24) is 5.32 Å². The molecule has 26 heavy (non-hydrogen) atoms. The third-order valence-corrected chi connectivity index (χ3v) is 8.44. The maximum Gasteiger partial charge on any atom is 0.0621 e. The van der Waals surface area contributed by atoms with Gasteiger partial charge in [0, 0.05) is 0 Å². The predicted molar refractivity (Wildman–Crippen MR) is 108 cm³/mol. The summed E-state index contributed by atoms with van der Waals surface area (Å²) in [5.41, 5.74) is 1.68. The Hall–Kier alpha value is -0.380. The molecule has 3 aliphatic carbocycles. The van der Waals surface area contributed by atoms with Crippen LogP contribution in [0.15, 0.2) is 12.2 Å². The van der Waals surface area contributed by atoms with Gasteiger partial charge in [0.2, 0.25) is 0 Å². The van der Waals surface area contributed by atoms with Gasteiger partial charge in [-0.2, -0.15) is 0 Å². The Kier molecular flexibility index (Phi) is 5.92. The van der Waals surface area contributed by atoms with Gasteiger partial charge in [-0.3, -0.25) is 0 Å². The molecule has 3 fully saturated rings. The smallest absolute Gasteiger partial charge is 0.0621 e. The van der Waals surface area contributed by atoms with Crippen LogP contribution in [0, 0.1) is 34.5 Å². The highest BCUT2D eigenvalue weighted by molar-refractivity contribution is 5.21. The first-order chi connectivity index (χ1) is 12.2. The van der Waals surface area contributed by atoms with E-state index in [-0.39, 0.29) is 23.0 Å². The molecule has 3 saturated carbocycles. The van der Waals surface area contributed by atoms with E-state index in [9.17, 15) is 10.2 Å². The molecule has 0 heterocycles. The van der Waals surface area contributed by atoms with E-state index in [1.807, 2.05) is 0 Å². The van der Waals surface area contributed by atoms with Crippen molar-refractivity contribution in [1.29, 1.82) is 0 Å². The average molecular weight is 364 g/mol. The summed E-state index contributed by atoms with van der Waals surface area (Å²) >= 11 is 0. The molecule has 0 radical (unpaired) electrons. The summed E-state index contributed by atoms with van der Waals surface area (Å²) in [5.74, 6) is 2.48. The summed E-state index contributed by atoms with van der Waals surface area (Å²) in [7, 11) is 0.